The third kappa shape index (κ3) is 2.00. The van der Waals surface area contributed by atoms with Crippen LogP contribution in [0.25, 0.3) is 0 Å². The maximum Gasteiger partial charge on any atom is 0.181 e. The highest BCUT2D eigenvalue weighted by molar-refractivity contribution is 7.80. The molecule has 0 aliphatic carbocycles. The predicted octanol–water partition coefficient (Wildman–Crippen LogP) is 1.89. The Bertz CT molecular complexity index is 320. The Balaban J connectivity index is 3.08. The van der Waals surface area contributed by atoms with Crippen LogP contribution in [0.5, 0.6) is 0 Å². The molecule has 0 fully saturated rings. The fourth-order valence-electron chi connectivity index (χ4n) is 1.79. The minimum atomic E-state index is 0.816. The number of thiocarbonyl (C=S) groups is 1. The van der Waals surface area contributed by atoms with Crippen molar-refractivity contribution < 1.29 is 0 Å². The molecule has 0 amide bonds. The fourth-order valence-corrected chi connectivity index (χ4v) is 2.09. The molecule has 0 atom stereocenters. The van der Waals surface area contributed by atoms with E-state index < -0.39 is 0 Å². The van der Waals surface area contributed by atoms with Gasteiger partial charge in [0.25, 0.3) is 0 Å². The van der Waals surface area contributed by atoms with E-state index in [-0.39, 0.29) is 0 Å². The maximum atomic E-state index is 5.41. The predicted molar refractivity (Wildman–Crippen MR) is 68.3 cm³/mol. The van der Waals surface area contributed by atoms with Crippen molar-refractivity contribution in [1.29, 1.82) is 0 Å². The van der Waals surface area contributed by atoms with Crippen molar-refractivity contribution in [3.63, 3.8) is 0 Å². The second-order valence-corrected chi connectivity index (χ2v) is 4.03. The van der Waals surface area contributed by atoms with Crippen molar-refractivity contribution in [2.24, 2.45) is 0 Å². The lowest BCUT2D eigenvalue weighted by atomic mass is 10.1. The summed E-state index contributed by atoms with van der Waals surface area (Å²) in [6.07, 6.45) is 1.06. The second kappa shape index (κ2) is 4.66. The van der Waals surface area contributed by atoms with Crippen LogP contribution < -0.4 is 5.32 Å². The van der Waals surface area contributed by atoms with Gasteiger partial charge in [-0.25, -0.2) is 0 Å². The lowest BCUT2D eigenvalue weighted by molar-refractivity contribution is 0.411. The average Bonchev–Trinajstić information content (AvgIpc) is 2.23. The summed E-state index contributed by atoms with van der Waals surface area (Å²) in [5.74, 6) is 1.04. The van der Waals surface area contributed by atoms with Crippen LogP contribution in [-0.4, -0.2) is 35.6 Å². The molecular weight excluding hydrogens is 206 g/mol. The van der Waals surface area contributed by atoms with Crippen LogP contribution in [0.2, 0.25) is 0 Å². The summed E-state index contributed by atoms with van der Waals surface area (Å²) in [5.41, 5.74) is 2.16. The number of nitrogens with zero attached hydrogens (tertiary/aromatic N) is 2. The van der Waals surface area contributed by atoms with E-state index in [0.717, 1.165) is 35.2 Å². The molecule has 4 heteroatoms. The Morgan fingerprint density at radius 2 is 2.07 bits per heavy atom. The molecule has 1 rings (SSSR count). The van der Waals surface area contributed by atoms with Gasteiger partial charge in [-0.05, 0) is 25.6 Å². The standard InChI is InChI=1S/C11H19N3S/c1-6-7-14-9(3)8(2)10(12-4)13(5)11(14)15/h12H,3,6-7H2,1-2,4-5H3. The molecule has 0 aromatic heterocycles. The number of nitrogens with one attached hydrogen (secondary N) is 1. The first-order valence-electron chi connectivity index (χ1n) is 5.17. The molecule has 0 saturated heterocycles. The van der Waals surface area contributed by atoms with Crippen molar-refractivity contribution in [3.8, 4) is 0 Å². The van der Waals surface area contributed by atoms with Gasteiger partial charge in [0.15, 0.2) is 5.11 Å². The first-order chi connectivity index (χ1) is 7.04. The Morgan fingerprint density at radius 3 is 2.53 bits per heavy atom. The van der Waals surface area contributed by atoms with Crippen LogP contribution in [0.15, 0.2) is 23.7 Å². The second-order valence-electron chi connectivity index (χ2n) is 3.66. The van der Waals surface area contributed by atoms with Gasteiger partial charge in [-0.1, -0.05) is 13.5 Å². The van der Waals surface area contributed by atoms with E-state index in [0.29, 0.717) is 0 Å². The number of rotatable bonds is 3. The zero-order valence-electron chi connectivity index (χ0n) is 9.92. The highest BCUT2D eigenvalue weighted by Gasteiger charge is 2.26. The molecule has 15 heavy (non-hydrogen) atoms. The van der Waals surface area contributed by atoms with Crippen LogP contribution in [0.3, 0.4) is 0 Å². The molecule has 0 unspecified atom stereocenters. The van der Waals surface area contributed by atoms with E-state index in [1.165, 1.54) is 0 Å². The Labute approximate surface area is 97.4 Å². The molecule has 0 radical (unpaired) electrons. The minimum absolute atomic E-state index is 0.816. The molecule has 0 bridgehead atoms. The molecule has 1 heterocycles. The van der Waals surface area contributed by atoms with Crippen LogP contribution >= 0.6 is 12.2 Å². The van der Waals surface area contributed by atoms with Gasteiger partial charge in [0.05, 0.1) is 0 Å². The number of allylic oxidation sites excluding steroid dienone is 1. The zero-order valence-corrected chi connectivity index (χ0v) is 10.7. The van der Waals surface area contributed by atoms with E-state index >= 15 is 0 Å². The van der Waals surface area contributed by atoms with Crippen molar-refractivity contribution >= 4 is 17.3 Å². The van der Waals surface area contributed by atoms with E-state index in [4.69, 9.17) is 12.2 Å². The summed E-state index contributed by atoms with van der Waals surface area (Å²) in [4.78, 5) is 4.08. The van der Waals surface area contributed by atoms with E-state index in [9.17, 15) is 0 Å². The summed E-state index contributed by atoms with van der Waals surface area (Å²) < 4.78 is 0. The summed E-state index contributed by atoms with van der Waals surface area (Å²) >= 11 is 5.41. The smallest absolute Gasteiger partial charge is 0.181 e. The van der Waals surface area contributed by atoms with Gasteiger partial charge in [0.2, 0.25) is 0 Å². The lowest BCUT2D eigenvalue weighted by Crippen LogP contribution is -2.47. The van der Waals surface area contributed by atoms with Crippen LogP contribution in [0, 0.1) is 0 Å². The first kappa shape index (κ1) is 12.0. The van der Waals surface area contributed by atoms with Crippen LogP contribution in [0.4, 0.5) is 0 Å². The van der Waals surface area contributed by atoms with E-state index in [2.05, 4.69) is 30.6 Å². The zero-order chi connectivity index (χ0) is 11.6. The lowest BCUT2D eigenvalue weighted by Gasteiger charge is -2.39. The largest absolute Gasteiger partial charge is 0.374 e. The van der Waals surface area contributed by atoms with Crippen molar-refractivity contribution in [2.75, 3.05) is 20.6 Å². The molecule has 0 aromatic rings. The molecule has 0 spiro atoms. The molecule has 84 valence electrons. The maximum absolute atomic E-state index is 5.41. The van der Waals surface area contributed by atoms with Gasteiger partial charge in [-0.3, -0.25) is 0 Å². The normalized spacial score (nSPS) is 17.6. The quantitative estimate of drug-likeness (QED) is 0.739. The Morgan fingerprint density at radius 1 is 1.47 bits per heavy atom. The number of hydrogen-bond donors (Lipinski definition) is 1. The molecule has 0 saturated carbocycles. The molecular formula is C11H19N3S. The van der Waals surface area contributed by atoms with Crippen molar-refractivity contribution in [1.82, 2.24) is 15.1 Å². The fraction of sp³-hybridized carbons (Fsp3) is 0.545. The topological polar surface area (TPSA) is 18.5 Å². The monoisotopic (exact) mass is 225 g/mol. The molecule has 3 nitrogen and oxygen atoms in total. The van der Waals surface area contributed by atoms with Gasteiger partial charge in [0.1, 0.15) is 5.82 Å². The third-order valence-electron chi connectivity index (χ3n) is 2.65. The summed E-state index contributed by atoms with van der Waals surface area (Å²) in [6, 6.07) is 0. The average molecular weight is 225 g/mol. The van der Waals surface area contributed by atoms with Crippen molar-refractivity contribution in [2.45, 2.75) is 20.3 Å². The van der Waals surface area contributed by atoms with Gasteiger partial charge in [0, 0.05) is 31.9 Å². The molecule has 0 aromatic carbocycles. The van der Waals surface area contributed by atoms with Gasteiger partial charge in [-0.15, -0.1) is 0 Å². The van der Waals surface area contributed by atoms with E-state index in [1.54, 1.807) is 0 Å². The summed E-state index contributed by atoms with van der Waals surface area (Å²) in [6.45, 7) is 9.23. The highest BCUT2D eigenvalue weighted by Crippen LogP contribution is 2.25. The third-order valence-corrected chi connectivity index (χ3v) is 3.15. The summed E-state index contributed by atoms with van der Waals surface area (Å²) in [7, 11) is 3.88. The van der Waals surface area contributed by atoms with E-state index in [1.807, 2.05) is 19.0 Å². The van der Waals surface area contributed by atoms with Gasteiger partial charge < -0.3 is 15.1 Å². The SMILES string of the molecule is C=C1C(C)=C(NC)N(C)C(=S)N1CCC. The number of hydrogen-bond acceptors (Lipinski definition) is 2. The van der Waals surface area contributed by atoms with Gasteiger partial charge >= 0.3 is 0 Å². The van der Waals surface area contributed by atoms with Crippen LogP contribution in [-0.2, 0) is 0 Å². The van der Waals surface area contributed by atoms with Crippen LogP contribution in [0.1, 0.15) is 20.3 Å². The Hall–Kier alpha value is -1.03. The highest BCUT2D eigenvalue weighted by atomic mass is 32.1. The molecule has 1 aliphatic heterocycles. The first-order valence-corrected chi connectivity index (χ1v) is 5.58. The Kier molecular flexibility index (Phi) is 3.74. The molecule has 1 N–H and O–H groups in total. The van der Waals surface area contributed by atoms with Crippen molar-refractivity contribution in [3.05, 3.63) is 23.7 Å². The summed E-state index contributed by atoms with van der Waals surface area (Å²) in [5, 5.41) is 3.97. The minimum Gasteiger partial charge on any atom is -0.374 e. The molecule has 1 aliphatic rings. The van der Waals surface area contributed by atoms with Gasteiger partial charge in [-0.2, -0.15) is 0 Å².